The van der Waals surface area contributed by atoms with Gasteiger partial charge in [-0.25, -0.2) is 13.2 Å². The van der Waals surface area contributed by atoms with Gasteiger partial charge in [0, 0.05) is 30.2 Å². The number of carbonyl (C=O) groups excluding carboxylic acids is 1. The van der Waals surface area contributed by atoms with Gasteiger partial charge in [0.2, 0.25) is 5.91 Å². The number of aliphatic hydroxyl groups excluding tert-OH is 1. The Morgan fingerprint density at radius 3 is 2.53 bits per heavy atom. The van der Waals surface area contributed by atoms with E-state index >= 15 is 0 Å². The van der Waals surface area contributed by atoms with E-state index in [1.807, 2.05) is 0 Å². The number of hydrogen-bond donors (Lipinski definition) is 4. The predicted molar refractivity (Wildman–Crippen MR) is 126 cm³/mol. The minimum Gasteiger partial charge on any atom is -0.395 e. The Balaban J connectivity index is 1.35. The van der Waals surface area contributed by atoms with Crippen molar-refractivity contribution in [1.29, 1.82) is 0 Å². The molecular weight excluding hydrogens is 443 g/mol. The van der Waals surface area contributed by atoms with Gasteiger partial charge in [-0.1, -0.05) is 0 Å². The first-order valence-corrected chi connectivity index (χ1v) is 11.8. The topological polar surface area (TPSA) is 77.2 Å². The molecular formula is C26H30F3N3O2. The molecule has 1 saturated carbocycles. The van der Waals surface area contributed by atoms with Crippen LogP contribution in [0, 0.1) is 29.3 Å². The molecule has 3 aromatic rings. The molecule has 0 radical (unpaired) electrons. The molecule has 8 heteroatoms. The quantitative estimate of drug-likeness (QED) is 0.314. The van der Waals surface area contributed by atoms with Crippen LogP contribution in [0.3, 0.4) is 0 Å². The number of hydrogen-bond acceptors (Lipinski definition) is 3. The van der Waals surface area contributed by atoms with Crippen molar-refractivity contribution < 1.29 is 23.1 Å². The van der Waals surface area contributed by atoms with Crippen molar-refractivity contribution in [2.24, 2.45) is 11.8 Å². The second-order valence-electron chi connectivity index (χ2n) is 9.10. The summed E-state index contributed by atoms with van der Waals surface area (Å²) in [5, 5.41) is 15.0. The first-order valence-electron chi connectivity index (χ1n) is 11.8. The summed E-state index contributed by atoms with van der Waals surface area (Å²) in [5.74, 6) is -0.694. The molecule has 1 aromatic heterocycles. The van der Waals surface area contributed by atoms with Crippen LogP contribution >= 0.6 is 0 Å². The van der Waals surface area contributed by atoms with E-state index in [1.165, 1.54) is 18.2 Å². The molecule has 1 aliphatic carbocycles. The zero-order valence-corrected chi connectivity index (χ0v) is 19.0. The largest absolute Gasteiger partial charge is 0.395 e. The van der Waals surface area contributed by atoms with Gasteiger partial charge >= 0.3 is 0 Å². The normalized spacial score (nSPS) is 17.6. The standard InChI is InChI=1S/C26H30F3N3O2/c27-19-5-3-18(4-6-19)25-21(22-13-20(28)14-23(29)26(22)32-25)12-17-10-16(11-17)2-1-7-31-24(34)15-30-8-9-33/h3-6,13-14,16-17,30,32-33H,1-2,7-12,15H2,(H,31,34). The van der Waals surface area contributed by atoms with E-state index in [-0.39, 0.29) is 30.4 Å². The molecule has 0 aliphatic heterocycles. The van der Waals surface area contributed by atoms with Gasteiger partial charge in [-0.05, 0) is 85.4 Å². The Kier molecular flexibility index (Phi) is 7.90. The zero-order valence-electron chi connectivity index (χ0n) is 19.0. The zero-order chi connectivity index (χ0) is 24.1. The summed E-state index contributed by atoms with van der Waals surface area (Å²) in [7, 11) is 0. The third-order valence-corrected chi connectivity index (χ3v) is 6.58. The van der Waals surface area contributed by atoms with Gasteiger partial charge < -0.3 is 20.7 Å². The molecule has 182 valence electrons. The van der Waals surface area contributed by atoms with Crippen molar-refractivity contribution in [2.45, 2.75) is 32.1 Å². The average molecular weight is 474 g/mol. The number of nitrogens with one attached hydrogen (secondary N) is 3. The lowest BCUT2D eigenvalue weighted by atomic mass is 9.70. The molecule has 4 N–H and O–H groups in total. The van der Waals surface area contributed by atoms with Crippen LogP contribution in [0.15, 0.2) is 36.4 Å². The molecule has 0 bridgehead atoms. The molecule has 2 aromatic carbocycles. The van der Waals surface area contributed by atoms with E-state index in [4.69, 9.17) is 5.11 Å². The molecule has 1 fully saturated rings. The van der Waals surface area contributed by atoms with Crippen molar-refractivity contribution in [3.05, 3.63) is 59.4 Å². The van der Waals surface area contributed by atoms with Crippen molar-refractivity contribution in [3.8, 4) is 11.3 Å². The van der Waals surface area contributed by atoms with Gasteiger partial charge in [0.15, 0.2) is 0 Å². The van der Waals surface area contributed by atoms with Crippen LogP contribution in [-0.2, 0) is 11.2 Å². The summed E-state index contributed by atoms with van der Waals surface area (Å²) in [5.41, 5.74) is 2.59. The predicted octanol–water partition coefficient (Wildman–Crippen LogP) is 4.30. The second-order valence-corrected chi connectivity index (χ2v) is 9.10. The van der Waals surface area contributed by atoms with Gasteiger partial charge in [0.05, 0.1) is 18.7 Å². The first-order chi connectivity index (χ1) is 16.4. The lowest BCUT2D eigenvalue weighted by Crippen LogP contribution is -2.35. The number of aliphatic hydroxyl groups is 1. The van der Waals surface area contributed by atoms with Crippen LogP contribution in [0.5, 0.6) is 0 Å². The number of halogens is 3. The fourth-order valence-corrected chi connectivity index (χ4v) is 4.88. The SMILES string of the molecule is O=C(CNCCO)NCCCC1CC(Cc2c(-c3ccc(F)cc3)[nH]c3c(F)cc(F)cc23)C1. The highest BCUT2D eigenvalue weighted by atomic mass is 19.1. The first kappa shape index (κ1) is 24.3. The van der Waals surface area contributed by atoms with Crippen LogP contribution in [0.1, 0.15) is 31.2 Å². The molecule has 0 saturated heterocycles. The average Bonchev–Trinajstić information content (AvgIpc) is 3.13. The summed E-state index contributed by atoms with van der Waals surface area (Å²) < 4.78 is 41.9. The number of aromatic amines is 1. The number of fused-ring (bicyclic) bond motifs is 1. The number of rotatable bonds is 11. The van der Waals surface area contributed by atoms with E-state index in [1.54, 1.807) is 12.1 Å². The van der Waals surface area contributed by atoms with Crippen LogP contribution in [-0.4, -0.2) is 42.2 Å². The summed E-state index contributed by atoms with van der Waals surface area (Å²) in [6.45, 7) is 1.23. The molecule has 4 rings (SSSR count). The highest BCUT2D eigenvalue weighted by molar-refractivity contribution is 5.91. The molecule has 0 atom stereocenters. The van der Waals surface area contributed by atoms with Crippen LogP contribution in [0.2, 0.25) is 0 Å². The summed E-state index contributed by atoms with van der Waals surface area (Å²) in [4.78, 5) is 14.8. The van der Waals surface area contributed by atoms with E-state index in [0.717, 1.165) is 42.9 Å². The van der Waals surface area contributed by atoms with Crippen LogP contribution in [0.25, 0.3) is 22.2 Å². The van der Waals surface area contributed by atoms with Crippen LogP contribution in [0.4, 0.5) is 13.2 Å². The maximum Gasteiger partial charge on any atom is 0.233 e. The highest BCUT2D eigenvalue weighted by Crippen LogP contribution is 2.42. The van der Waals surface area contributed by atoms with E-state index < -0.39 is 11.6 Å². The maximum atomic E-state index is 14.5. The molecule has 5 nitrogen and oxygen atoms in total. The third kappa shape index (κ3) is 5.80. The van der Waals surface area contributed by atoms with E-state index in [9.17, 15) is 18.0 Å². The van der Waals surface area contributed by atoms with Crippen molar-refractivity contribution >= 4 is 16.8 Å². The molecule has 1 heterocycles. The summed E-state index contributed by atoms with van der Waals surface area (Å²) in [6, 6.07) is 8.26. The molecule has 1 aliphatic rings. The highest BCUT2D eigenvalue weighted by Gasteiger charge is 2.30. The Morgan fingerprint density at radius 2 is 1.79 bits per heavy atom. The molecule has 0 spiro atoms. The molecule has 34 heavy (non-hydrogen) atoms. The minimum atomic E-state index is -0.635. The van der Waals surface area contributed by atoms with E-state index in [0.29, 0.717) is 42.4 Å². The van der Waals surface area contributed by atoms with Gasteiger partial charge in [-0.3, -0.25) is 4.79 Å². The van der Waals surface area contributed by atoms with Gasteiger partial charge in [0.1, 0.15) is 17.5 Å². The fourth-order valence-electron chi connectivity index (χ4n) is 4.88. The number of aromatic nitrogens is 1. The summed E-state index contributed by atoms with van der Waals surface area (Å²) >= 11 is 0. The van der Waals surface area contributed by atoms with Crippen LogP contribution < -0.4 is 10.6 Å². The van der Waals surface area contributed by atoms with Crippen molar-refractivity contribution in [3.63, 3.8) is 0 Å². The van der Waals surface area contributed by atoms with Gasteiger partial charge in [0.25, 0.3) is 0 Å². The molecule has 0 unspecified atom stereocenters. The van der Waals surface area contributed by atoms with Gasteiger partial charge in [-0.2, -0.15) is 0 Å². The Bertz CT molecular complexity index is 1120. The van der Waals surface area contributed by atoms with Gasteiger partial charge in [-0.15, -0.1) is 0 Å². The number of benzene rings is 2. The molecule has 1 amide bonds. The third-order valence-electron chi connectivity index (χ3n) is 6.58. The Hall–Kier alpha value is -2.84. The Labute approximate surface area is 196 Å². The monoisotopic (exact) mass is 473 g/mol. The maximum absolute atomic E-state index is 14.5. The smallest absolute Gasteiger partial charge is 0.233 e. The Morgan fingerprint density at radius 1 is 1.03 bits per heavy atom. The second kappa shape index (κ2) is 11.1. The van der Waals surface area contributed by atoms with Crippen molar-refractivity contribution in [1.82, 2.24) is 15.6 Å². The summed E-state index contributed by atoms with van der Waals surface area (Å²) in [6.07, 6.45) is 4.66. The minimum absolute atomic E-state index is 0.00392. The van der Waals surface area contributed by atoms with E-state index in [2.05, 4.69) is 15.6 Å². The fraction of sp³-hybridized carbons (Fsp3) is 0.423. The number of amides is 1. The lowest BCUT2D eigenvalue weighted by molar-refractivity contribution is -0.120. The van der Waals surface area contributed by atoms with Crippen molar-refractivity contribution in [2.75, 3.05) is 26.2 Å². The number of H-pyrrole nitrogens is 1. The lowest BCUT2D eigenvalue weighted by Gasteiger charge is -2.36. The number of carbonyl (C=O) groups is 1.